The Kier molecular flexibility index (Phi) is 3.70. The minimum absolute atomic E-state index is 0.0839. The first kappa shape index (κ1) is 12.8. The van der Waals surface area contributed by atoms with Gasteiger partial charge in [0.2, 0.25) is 5.91 Å². The minimum Gasteiger partial charge on any atom is -0.396 e. The third-order valence-corrected chi connectivity index (χ3v) is 4.07. The molecule has 0 aromatic rings. The second kappa shape index (κ2) is 4.92. The summed E-state index contributed by atoms with van der Waals surface area (Å²) in [5.74, 6) is 0.301. The normalized spacial score (nSPS) is 38.4. The topological polar surface area (TPSA) is 75.8 Å². The van der Waals surface area contributed by atoms with Crippen LogP contribution < -0.4 is 5.73 Å². The number of rotatable bonds is 2. The highest BCUT2D eigenvalue weighted by molar-refractivity contribution is 5.83. The molecule has 2 heterocycles. The molecule has 2 fully saturated rings. The SMILES string of the molecule is CC1(C(=O)N2CCCC(CO)C2)COCC1N. The minimum atomic E-state index is -0.586. The molecule has 2 saturated heterocycles. The monoisotopic (exact) mass is 242 g/mol. The number of hydrogen-bond donors (Lipinski definition) is 2. The number of ether oxygens (including phenoxy) is 1. The Balaban J connectivity index is 2.04. The van der Waals surface area contributed by atoms with Gasteiger partial charge < -0.3 is 20.5 Å². The maximum Gasteiger partial charge on any atom is 0.232 e. The van der Waals surface area contributed by atoms with Gasteiger partial charge in [-0.1, -0.05) is 0 Å². The van der Waals surface area contributed by atoms with Gasteiger partial charge in [-0.25, -0.2) is 0 Å². The molecule has 0 saturated carbocycles. The van der Waals surface area contributed by atoms with Crippen LogP contribution in [-0.4, -0.2) is 54.9 Å². The highest BCUT2D eigenvalue weighted by Crippen LogP contribution is 2.31. The fourth-order valence-electron chi connectivity index (χ4n) is 2.67. The molecule has 5 nitrogen and oxygen atoms in total. The van der Waals surface area contributed by atoms with Gasteiger partial charge in [0.1, 0.15) is 0 Å². The largest absolute Gasteiger partial charge is 0.396 e. The van der Waals surface area contributed by atoms with E-state index in [-0.39, 0.29) is 24.5 Å². The van der Waals surface area contributed by atoms with E-state index in [0.717, 1.165) is 19.4 Å². The fraction of sp³-hybridized carbons (Fsp3) is 0.917. The van der Waals surface area contributed by atoms with Gasteiger partial charge in [-0.2, -0.15) is 0 Å². The van der Waals surface area contributed by atoms with Crippen LogP contribution in [0.3, 0.4) is 0 Å². The summed E-state index contributed by atoms with van der Waals surface area (Å²) in [6.07, 6.45) is 1.96. The molecule has 17 heavy (non-hydrogen) atoms. The van der Waals surface area contributed by atoms with Crippen molar-refractivity contribution in [1.82, 2.24) is 4.90 Å². The Bertz CT molecular complexity index is 297. The number of piperidine rings is 1. The molecule has 1 amide bonds. The van der Waals surface area contributed by atoms with E-state index in [1.165, 1.54) is 0 Å². The van der Waals surface area contributed by atoms with E-state index in [2.05, 4.69) is 0 Å². The first-order valence-electron chi connectivity index (χ1n) is 6.31. The first-order chi connectivity index (χ1) is 8.08. The van der Waals surface area contributed by atoms with E-state index in [0.29, 0.717) is 19.8 Å². The molecule has 98 valence electrons. The number of aliphatic hydroxyl groups excluding tert-OH is 1. The molecule has 2 aliphatic rings. The summed E-state index contributed by atoms with van der Waals surface area (Å²) in [7, 11) is 0. The smallest absolute Gasteiger partial charge is 0.232 e. The van der Waals surface area contributed by atoms with Gasteiger partial charge in [0, 0.05) is 25.7 Å². The summed E-state index contributed by atoms with van der Waals surface area (Å²) < 4.78 is 5.32. The fourth-order valence-corrected chi connectivity index (χ4v) is 2.67. The summed E-state index contributed by atoms with van der Waals surface area (Å²) in [4.78, 5) is 14.3. The molecule has 0 radical (unpaired) electrons. The lowest BCUT2D eigenvalue weighted by atomic mass is 9.83. The van der Waals surface area contributed by atoms with Crippen molar-refractivity contribution in [1.29, 1.82) is 0 Å². The number of likely N-dealkylation sites (tertiary alicyclic amines) is 1. The Labute approximate surface area is 102 Å². The van der Waals surface area contributed by atoms with E-state index in [9.17, 15) is 9.90 Å². The van der Waals surface area contributed by atoms with Crippen molar-refractivity contribution < 1.29 is 14.6 Å². The number of nitrogens with zero attached hydrogens (tertiary/aromatic N) is 1. The molecule has 0 bridgehead atoms. The highest BCUT2D eigenvalue weighted by Gasteiger charge is 2.46. The molecule has 0 spiro atoms. The number of amides is 1. The molecule has 3 unspecified atom stereocenters. The van der Waals surface area contributed by atoms with Gasteiger partial charge in [0.25, 0.3) is 0 Å². The molecule has 2 aliphatic heterocycles. The zero-order valence-electron chi connectivity index (χ0n) is 10.4. The van der Waals surface area contributed by atoms with Crippen LogP contribution in [0.5, 0.6) is 0 Å². The summed E-state index contributed by atoms with van der Waals surface area (Å²) in [6.45, 7) is 4.33. The average molecular weight is 242 g/mol. The molecule has 3 N–H and O–H groups in total. The molecule has 0 aromatic heterocycles. The van der Waals surface area contributed by atoms with Crippen LogP contribution >= 0.6 is 0 Å². The Morgan fingerprint density at radius 1 is 1.65 bits per heavy atom. The van der Waals surface area contributed by atoms with Crippen LogP contribution in [0.4, 0.5) is 0 Å². The molecular weight excluding hydrogens is 220 g/mol. The Morgan fingerprint density at radius 3 is 3.00 bits per heavy atom. The second-order valence-corrected chi connectivity index (χ2v) is 5.48. The zero-order chi connectivity index (χ0) is 12.5. The van der Waals surface area contributed by atoms with E-state index in [4.69, 9.17) is 10.5 Å². The third kappa shape index (κ3) is 2.32. The molecule has 2 rings (SSSR count). The molecule has 5 heteroatoms. The van der Waals surface area contributed by atoms with E-state index < -0.39 is 5.41 Å². The lowest BCUT2D eigenvalue weighted by Crippen LogP contribution is -2.54. The van der Waals surface area contributed by atoms with Crippen LogP contribution in [0, 0.1) is 11.3 Å². The number of carbonyl (C=O) groups excluding carboxylic acids is 1. The number of aliphatic hydroxyl groups is 1. The molecule has 0 aliphatic carbocycles. The predicted molar refractivity (Wildman–Crippen MR) is 63.3 cm³/mol. The van der Waals surface area contributed by atoms with Gasteiger partial charge in [-0.15, -0.1) is 0 Å². The van der Waals surface area contributed by atoms with Crippen LogP contribution in [-0.2, 0) is 9.53 Å². The van der Waals surface area contributed by atoms with Gasteiger partial charge >= 0.3 is 0 Å². The van der Waals surface area contributed by atoms with E-state index in [1.807, 2.05) is 11.8 Å². The van der Waals surface area contributed by atoms with Crippen LogP contribution in [0.2, 0.25) is 0 Å². The van der Waals surface area contributed by atoms with Crippen molar-refractivity contribution in [3.8, 4) is 0 Å². The Morgan fingerprint density at radius 2 is 2.41 bits per heavy atom. The lowest BCUT2D eigenvalue weighted by Gasteiger charge is -2.37. The molecule has 0 aromatic carbocycles. The summed E-state index contributed by atoms with van der Waals surface area (Å²) >= 11 is 0. The van der Waals surface area contributed by atoms with Crippen molar-refractivity contribution in [2.45, 2.75) is 25.8 Å². The molecular formula is C12H22N2O3. The third-order valence-electron chi connectivity index (χ3n) is 4.07. The van der Waals surface area contributed by atoms with Crippen LogP contribution in [0.1, 0.15) is 19.8 Å². The van der Waals surface area contributed by atoms with Crippen molar-refractivity contribution in [2.75, 3.05) is 32.9 Å². The summed E-state index contributed by atoms with van der Waals surface area (Å²) in [5, 5.41) is 9.18. The van der Waals surface area contributed by atoms with Crippen molar-refractivity contribution in [2.24, 2.45) is 17.1 Å². The van der Waals surface area contributed by atoms with Gasteiger partial charge in [-0.05, 0) is 25.7 Å². The van der Waals surface area contributed by atoms with E-state index >= 15 is 0 Å². The van der Waals surface area contributed by atoms with Gasteiger partial charge in [-0.3, -0.25) is 4.79 Å². The maximum absolute atomic E-state index is 12.5. The number of hydrogen-bond acceptors (Lipinski definition) is 4. The van der Waals surface area contributed by atoms with Crippen molar-refractivity contribution in [3.05, 3.63) is 0 Å². The number of carbonyl (C=O) groups is 1. The van der Waals surface area contributed by atoms with Crippen molar-refractivity contribution >= 4 is 5.91 Å². The predicted octanol–water partition coefficient (Wildman–Crippen LogP) is -0.419. The van der Waals surface area contributed by atoms with Crippen LogP contribution in [0.15, 0.2) is 0 Å². The summed E-state index contributed by atoms with van der Waals surface area (Å²) in [6, 6.07) is -0.218. The second-order valence-electron chi connectivity index (χ2n) is 5.48. The van der Waals surface area contributed by atoms with Gasteiger partial charge in [0.15, 0.2) is 0 Å². The lowest BCUT2D eigenvalue weighted by molar-refractivity contribution is -0.144. The van der Waals surface area contributed by atoms with Crippen molar-refractivity contribution in [3.63, 3.8) is 0 Å². The van der Waals surface area contributed by atoms with Gasteiger partial charge in [0.05, 0.1) is 18.6 Å². The quantitative estimate of drug-likeness (QED) is 0.689. The van der Waals surface area contributed by atoms with E-state index in [1.54, 1.807) is 0 Å². The van der Waals surface area contributed by atoms with Crippen LogP contribution in [0.25, 0.3) is 0 Å². The standard InChI is InChI=1S/C12H22N2O3/c1-12(8-17-7-10(12)13)11(16)14-4-2-3-9(5-14)6-15/h9-10,15H,2-8,13H2,1H3. The first-order valence-corrected chi connectivity index (χ1v) is 6.31. The Hall–Kier alpha value is -0.650. The number of nitrogens with two attached hydrogens (primary N) is 1. The summed E-state index contributed by atoms with van der Waals surface area (Å²) in [5.41, 5.74) is 5.38. The maximum atomic E-state index is 12.5. The molecule has 3 atom stereocenters. The highest BCUT2D eigenvalue weighted by atomic mass is 16.5. The average Bonchev–Trinajstić information content (AvgIpc) is 2.70. The zero-order valence-corrected chi connectivity index (χ0v) is 10.4.